The van der Waals surface area contributed by atoms with E-state index in [1.165, 1.54) is 28.7 Å². The second kappa shape index (κ2) is 6.57. The fraction of sp³-hybridized carbons (Fsp3) is 0.462. The summed E-state index contributed by atoms with van der Waals surface area (Å²) in [7, 11) is 0. The van der Waals surface area contributed by atoms with Crippen molar-refractivity contribution in [2.75, 3.05) is 0 Å². The number of hydrogen-bond acceptors (Lipinski definition) is 4. The van der Waals surface area contributed by atoms with Gasteiger partial charge in [-0.15, -0.1) is 11.3 Å². The molecule has 0 saturated heterocycles. The number of rotatable bonds is 3. The van der Waals surface area contributed by atoms with Gasteiger partial charge in [0.1, 0.15) is 6.04 Å². The van der Waals surface area contributed by atoms with E-state index >= 15 is 0 Å². The van der Waals surface area contributed by atoms with Crippen LogP contribution < -0.4 is 21.9 Å². The van der Waals surface area contributed by atoms with Gasteiger partial charge in [-0.1, -0.05) is 0 Å². The number of primary amides is 1. The molecule has 1 atom stereocenters. The molecule has 21 heavy (non-hydrogen) atoms. The molecule has 114 valence electrons. The molecule has 1 aromatic heterocycles. The molecule has 8 heteroatoms. The Morgan fingerprint density at radius 1 is 1.24 bits per heavy atom. The summed E-state index contributed by atoms with van der Waals surface area (Å²) in [6.07, 6.45) is 4.32. The van der Waals surface area contributed by atoms with Gasteiger partial charge in [0.25, 0.3) is 11.8 Å². The third-order valence-corrected chi connectivity index (χ3v) is 4.51. The fourth-order valence-electron chi connectivity index (χ4n) is 2.17. The van der Waals surface area contributed by atoms with Gasteiger partial charge in [-0.2, -0.15) is 0 Å². The monoisotopic (exact) mass is 310 g/mol. The Labute approximate surface area is 126 Å². The van der Waals surface area contributed by atoms with Gasteiger partial charge in [-0.05, 0) is 44.2 Å². The molecule has 1 heterocycles. The summed E-state index contributed by atoms with van der Waals surface area (Å²) in [5.74, 6) is -0.891. The van der Waals surface area contributed by atoms with Crippen LogP contribution in [0.5, 0.6) is 0 Å². The van der Waals surface area contributed by atoms with E-state index in [1.807, 2.05) is 6.07 Å². The van der Waals surface area contributed by atoms with Gasteiger partial charge in [0, 0.05) is 4.88 Å². The van der Waals surface area contributed by atoms with Crippen LogP contribution in [0.15, 0.2) is 6.07 Å². The number of hydrazine groups is 1. The lowest BCUT2D eigenvalue weighted by atomic mass is 9.99. The van der Waals surface area contributed by atoms with Crippen molar-refractivity contribution in [3.63, 3.8) is 0 Å². The zero-order valence-electron chi connectivity index (χ0n) is 11.7. The maximum absolute atomic E-state index is 12.0. The topological polar surface area (TPSA) is 113 Å². The maximum atomic E-state index is 12.0. The van der Waals surface area contributed by atoms with E-state index in [0.717, 1.165) is 25.7 Å². The summed E-state index contributed by atoms with van der Waals surface area (Å²) < 4.78 is 0. The van der Waals surface area contributed by atoms with Crippen molar-refractivity contribution < 1.29 is 14.4 Å². The van der Waals surface area contributed by atoms with Crippen LogP contribution in [0.3, 0.4) is 0 Å². The SMILES string of the molecule is CC(NC(N)=O)C(=O)NNC(=O)c1cc2c(s1)CCCC2. The van der Waals surface area contributed by atoms with Crippen LogP contribution in [0.25, 0.3) is 0 Å². The van der Waals surface area contributed by atoms with E-state index < -0.39 is 18.0 Å². The molecule has 7 nitrogen and oxygen atoms in total. The Balaban J connectivity index is 1.88. The summed E-state index contributed by atoms with van der Waals surface area (Å²) in [6, 6.07) is 0.264. The molecule has 0 spiro atoms. The molecule has 4 amide bonds. The smallest absolute Gasteiger partial charge is 0.312 e. The zero-order valence-corrected chi connectivity index (χ0v) is 12.5. The molecule has 0 bridgehead atoms. The molecule has 0 aromatic carbocycles. The molecule has 0 aliphatic heterocycles. The van der Waals surface area contributed by atoms with E-state index in [9.17, 15) is 14.4 Å². The minimum Gasteiger partial charge on any atom is -0.352 e. The lowest BCUT2D eigenvalue weighted by molar-refractivity contribution is -0.123. The first-order chi connectivity index (χ1) is 9.97. The number of carbonyl (C=O) groups is 3. The number of hydrogen-bond donors (Lipinski definition) is 4. The summed E-state index contributed by atoms with van der Waals surface area (Å²) in [5.41, 5.74) is 10.8. The highest BCUT2D eigenvalue weighted by molar-refractivity contribution is 7.14. The second-order valence-corrected chi connectivity index (χ2v) is 6.08. The number of thiophene rings is 1. The van der Waals surface area contributed by atoms with Crippen molar-refractivity contribution in [2.45, 2.75) is 38.6 Å². The van der Waals surface area contributed by atoms with Crippen molar-refractivity contribution in [3.8, 4) is 0 Å². The highest BCUT2D eigenvalue weighted by Gasteiger charge is 2.19. The average Bonchev–Trinajstić information content (AvgIpc) is 2.87. The molecule has 0 saturated carbocycles. The molecule has 1 aromatic rings. The average molecular weight is 310 g/mol. The first-order valence-electron chi connectivity index (χ1n) is 6.75. The molecule has 1 unspecified atom stereocenters. The molecular weight excluding hydrogens is 292 g/mol. The van der Waals surface area contributed by atoms with Crippen LogP contribution in [0.4, 0.5) is 4.79 Å². The quantitative estimate of drug-likeness (QED) is 0.608. The van der Waals surface area contributed by atoms with E-state index in [0.29, 0.717) is 4.88 Å². The minimum atomic E-state index is -0.820. The van der Waals surface area contributed by atoms with Crippen molar-refractivity contribution in [2.24, 2.45) is 5.73 Å². The van der Waals surface area contributed by atoms with Gasteiger partial charge < -0.3 is 11.1 Å². The highest BCUT2D eigenvalue weighted by atomic mass is 32.1. The number of urea groups is 1. The molecule has 1 aliphatic rings. The lowest BCUT2D eigenvalue weighted by Crippen LogP contribution is -2.51. The van der Waals surface area contributed by atoms with Gasteiger partial charge in [0.05, 0.1) is 4.88 Å². The molecule has 5 N–H and O–H groups in total. The summed E-state index contributed by atoms with van der Waals surface area (Å²) in [4.78, 5) is 36.1. The number of carbonyl (C=O) groups excluding carboxylic acids is 3. The first-order valence-corrected chi connectivity index (χ1v) is 7.56. The standard InChI is InChI=1S/C13H18N4O3S/c1-7(15-13(14)20)11(18)16-17-12(19)10-6-8-4-2-3-5-9(8)21-10/h6-7H,2-5H2,1H3,(H,16,18)(H,17,19)(H3,14,15,20). The predicted octanol–water partition coefficient (Wildman–Crippen LogP) is 0.445. The van der Waals surface area contributed by atoms with Crippen molar-refractivity contribution >= 4 is 29.2 Å². The molecule has 2 rings (SSSR count). The van der Waals surface area contributed by atoms with E-state index in [2.05, 4.69) is 16.2 Å². The predicted molar refractivity (Wildman–Crippen MR) is 78.8 cm³/mol. The molecule has 0 fully saturated rings. The maximum Gasteiger partial charge on any atom is 0.312 e. The number of amides is 4. The van der Waals surface area contributed by atoms with Crippen LogP contribution >= 0.6 is 11.3 Å². The Morgan fingerprint density at radius 3 is 2.62 bits per heavy atom. The molecule has 1 aliphatic carbocycles. The largest absolute Gasteiger partial charge is 0.352 e. The van der Waals surface area contributed by atoms with Crippen molar-refractivity contribution in [1.29, 1.82) is 0 Å². The Hall–Kier alpha value is -2.09. The van der Waals surface area contributed by atoms with Gasteiger partial charge in [0.15, 0.2) is 0 Å². The van der Waals surface area contributed by atoms with E-state index in [4.69, 9.17) is 5.73 Å². The van der Waals surface area contributed by atoms with Gasteiger partial charge >= 0.3 is 6.03 Å². The third-order valence-electron chi connectivity index (χ3n) is 3.27. The molecule has 0 radical (unpaired) electrons. The fourth-order valence-corrected chi connectivity index (χ4v) is 3.32. The van der Waals surface area contributed by atoms with Crippen molar-refractivity contribution in [1.82, 2.24) is 16.2 Å². The van der Waals surface area contributed by atoms with Gasteiger partial charge in [0.2, 0.25) is 0 Å². The number of nitrogens with two attached hydrogens (primary N) is 1. The van der Waals surface area contributed by atoms with Crippen LogP contribution in [-0.2, 0) is 17.6 Å². The summed E-state index contributed by atoms with van der Waals surface area (Å²) in [6.45, 7) is 1.47. The van der Waals surface area contributed by atoms with Crippen molar-refractivity contribution in [3.05, 3.63) is 21.4 Å². The number of nitrogens with one attached hydrogen (secondary N) is 3. The lowest BCUT2D eigenvalue weighted by Gasteiger charge is -2.12. The van der Waals surface area contributed by atoms with Crippen LogP contribution in [-0.4, -0.2) is 23.9 Å². The van der Waals surface area contributed by atoms with Crippen LogP contribution in [0.2, 0.25) is 0 Å². The van der Waals surface area contributed by atoms with Crippen LogP contribution in [0, 0.1) is 0 Å². The third kappa shape index (κ3) is 3.94. The normalized spacial score (nSPS) is 14.7. The summed E-state index contributed by atoms with van der Waals surface area (Å²) >= 11 is 1.46. The zero-order chi connectivity index (χ0) is 15.4. The van der Waals surface area contributed by atoms with Gasteiger partial charge in [-0.3, -0.25) is 20.4 Å². The second-order valence-electron chi connectivity index (χ2n) is 4.94. The Bertz CT molecular complexity index is 546. The first kappa shape index (κ1) is 15.3. The van der Waals surface area contributed by atoms with Gasteiger partial charge in [-0.25, -0.2) is 4.79 Å². The van der Waals surface area contributed by atoms with Crippen LogP contribution in [0.1, 0.15) is 39.9 Å². The number of fused-ring (bicyclic) bond motifs is 1. The van der Waals surface area contributed by atoms with E-state index in [1.54, 1.807) is 0 Å². The highest BCUT2D eigenvalue weighted by Crippen LogP contribution is 2.29. The molecular formula is C13H18N4O3S. The summed E-state index contributed by atoms with van der Waals surface area (Å²) in [5, 5.41) is 2.22. The minimum absolute atomic E-state index is 0.353. The Morgan fingerprint density at radius 2 is 1.95 bits per heavy atom. The Kier molecular flexibility index (Phi) is 4.79. The number of aryl methyl sites for hydroxylation is 2. The van der Waals surface area contributed by atoms with E-state index in [-0.39, 0.29) is 5.91 Å².